The van der Waals surface area contributed by atoms with Crippen LogP contribution in [-0.4, -0.2) is 22.0 Å². The molecule has 2 rings (SSSR count). The van der Waals surface area contributed by atoms with Crippen LogP contribution in [-0.2, 0) is 9.59 Å². The number of carbonyl (C=O) groups is 2. The van der Waals surface area contributed by atoms with Crippen LogP contribution in [0.3, 0.4) is 0 Å². The topological polar surface area (TPSA) is 98.7 Å². The highest BCUT2D eigenvalue weighted by Crippen LogP contribution is 2.16. The Hall–Kier alpha value is -3.02. The predicted octanol–water partition coefficient (Wildman–Crippen LogP) is 1.67. The first kappa shape index (κ1) is 13.4. The van der Waals surface area contributed by atoms with Crippen LogP contribution in [0.2, 0.25) is 0 Å². The van der Waals surface area contributed by atoms with E-state index in [1.807, 2.05) is 0 Å². The minimum atomic E-state index is -0.858. The highest BCUT2D eigenvalue weighted by atomic mass is 16.3. The summed E-state index contributed by atoms with van der Waals surface area (Å²) in [5.41, 5.74) is 0.703. The van der Waals surface area contributed by atoms with Crippen molar-refractivity contribution in [3.8, 4) is 11.5 Å². The first-order valence-corrected chi connectivity index (χ1v) is 5.75. The fourth-order valence-electron chi connectivity index (χ4n) is 1.50. The van der Waals surface area contributed by atoms with Gasteiger partial charge in [0.15, 0.2) is 0 Å². The zero-order valence-corrected chi connectivity index (χ0v) is 10.3. The number of phenolic OH excluding ortho intramolecular Hbond substituents is 2. The number of benzene rings is 2. The molecule has 20 heavy (non-hydrogen) atoms. The van der Waals surface area contributed by atoms with Gasteiger partial charge in [-0.15, -0.1) is 0 Å². The summed E-state index contributed by atoms with van der Waals surface area (Å²) in [5.74, 6) is -1.66. The smallest absolute Gasteiger partial charge is 0.314 e. The highest BCUT2D eigenvalue weighted by molar-refractivity contribution is 6.43. The molecule has 6 nitrogen and oxygen atoms in total. The maximum Gasteiger partial charge on any atom is 0.314 e. The van der Waals surface area contributed by atoms with E-state index in [4.69, 9.17) is 5.11 Å². The Morgan fingerprint density at radius 2 is 1.35 bits per heavy atom. The van der Waals surface area contributed by atoms with Crippen molar-refractivity contribution in [1.29, 1.82) is 0 Å². The molecular formula is C14H12N2O4. The van der Waals surface area contributed by atoms with E-state index in [0.717, 1.165) is 0 Å². The molecule has 0 aliphatic carbocycles. The van der Waals surface area contributed by atoms with E-state index < -0.39 is 11.8 Å². The number of aromatic hydroxyl groups is 2. The summed E-state index contributed by atoms with van der Waals surface area (Å²) < 4.78 is 0. The SMILES string of the molecule is O=C(Nc1ccc(O)cc1)C(=O)Nc1cccc(O)c1. The van der Waals surface area contributed by atoms with Crippen molar-refractivity contribution in [3.63, 3.8) is 0 Å². The van der Waals surface area contributed by atoms with Crippen molar-refractivity contribution in [3.05, 3.63) is 48.5 Å². The van der Waals surface area contributed by atoms with E-state index in [9.17, 15) is 14.7 Å². The zero-order chi connectivity index (χ0) is 14.5. The number of hydrogen-bond acceptors (Lipinski definition) is 4. The number of amides is 2. The molecule has 2 aromatic rings. The second-order valence-electron chi connectivity index (χ2n) is 4.01. The van der Waals surface area contributed by atoms with E-state index in [1.54, 1.807) is 12.1 Å². The molecule has 0 spiro atoms. The molecule has 0 saturated heterocycles. The summed E-state index contributed by atoms with van der Waals surface area (Å²) in [6.45, 7) is 0. The second-order valence-corrected chi connectivity index (χ2v) is 4.01. The molecule has 0 bridgehead atoms. The van der Waals surface area contributed by atoms with E-state index in [2.05, 4.69) is 10.6 Å². The molecule has 2 amide bonds. The van der Waals surface area contributed by atoms with Crippen LogP contribution in [0.25, 0.3) is 0 Å². The van der Waals surface area contributed by atoms with Gasteiger partial charge in [-0.05, 0) is 36.4 Å². The maximum atomic E-state index is 11.6. The van der Waals surface area contributed by atoms with Gasteiger partial charge in [0.2, 0.25) is 0 Å². The minimum Gasteiger partial charge on any atom is -0.508 e. The summed E-state index contributed by atoms with van der Waals surface area (Å²) in [4.78, 5) is 23.3. The molecule has 0 atom stereocenters. The van der Waals surface area contributed by atoms with Gasteiger partial charge >= 0.3 is 11.8 Å². The fraction of sp³-hybridized carbons (Fsp3) is 0. The lowest BCUT2D eigenvalue weighted by Gasteiger charge is -2.06. The Labute approximate surface area is 114 Å². The molecule has 0 aliphatic heterocycles. The van der Waals surface area contributed by atoms with Crippen molar-refractivity contribution in [2.24, 2.45) is 0 Å². The van der Waals surface area contributed by atoms with Crippen LogP contribution < -0.4 is 10.6 Å². The lowest BCUT2D eigenvalue weighted by Crippen LogP contribution is -2.28. The molecule has 102 valence electrons. The molecule has 0 heterocycles. The number of phenols is 2. The Morgan fingerprint density at radius 3 is 1.95 bits per heavy atom. The average molecular weight is 272 g/mol. The van der Waals surface area contributed by atoms with E-state index in [0.29, 0.717) is 11.4 Å². The van der Waals surface area contributed by atoms with Gasteiger partial charge in [0.1, 0.15) is 11.5 Å². The number of anilines is 2. The van der Waals surface area contributed by atoms with Gasteiger partial charge < -0.3 is 20.8 Å². The van der Waals surface area contributed by atoms with Crippen LogP contribution >= 0.6 is 0 Å². The Bertz CT molecular complexity index is 638. The third-order valence-corrected chi connectivity index (χ3v) is 2.44. The van der Waals surface area contributed by atoms with Gasteiger partial charge in [-0.2, -0.15) is 0 Å². The molecule has 0 aliphatic rings. The number of rotatable bonds is 2. The molecule has 4 N–H and O–H groups in total. The van der Waals surface area contributed by atoms with E-state index in [1.165, 1.54) is 36.4 Å². The van der Waals surface area contributed by atoms with Gasteiger partial charge in [0, 0.05) is 17.4 Å². The number of carbonyl (C=O) groups excluding carboxylic acids is 2. The van der Waals surface area contributed by atoms with Crippen molar-refractivity contribution in [2.75, 3.05) is 10.6 Å². The standard InChI is InChI=1S/C14H12N2O4/c17-11-6-4-9(5-7-11)15-13(19)14(20)16-10-2-1-3-12(18)8-10/h1-8,17-18H,(H,15,19)(H,16,20). The summed E-state index contributed by atoms with van der Waals surface area (Å²) in [5, 5.41) is 23.1. The highest BCUT2D eigenvalue weighted by Gasteiger charge is 2.14. The lowest BCUT2D eigenvalue weighted by molar-refractivity contribution is -0.132. The molecule has 2 aromatic carbocycles. The zero-order valence-electron chi connectivity index (χ0n) is 10.3. The van der Waals surface area contributed by atoms with E-state index in [-0.39, 0.29) is 11.5 Å². The van der Waals surface area contributed by atoms with Crippen LogP contribution in [0.4, 0.5) is 11.4 Å². The number of nitrogens with one attached hydrogen (secondary N) is 2. The quantitative estimate of drug-likeness (QED) is 0.493. The summed E-state index contributed by atoms with van der Waals surface area (Å²) in [7, 11) is 0. The molecule has 0 unspecified atom stereocenters. The van der Waals surface area contributed by atoms with Gasteiger partial charge in [-0.25, -0.2) is 0 Å². The van der Waals surface area contributed by atoms with Crippen LogP contribution in [0, 0.1) is 0 Å². The van der Waals surface area contributed by atoms with E-state index >= 15 is 0 Å². The third kappa shape index (κ3) is 3.49. The van der Waals surface area contributed by atoms with Crippen LogP contribution in [0.5, 0.6) is 11.5 Å². The predicted molar refractivity (Wildman–Crippen MR) is 73.5 cm³/mol. The average Bonchev–Trinajstić information content (AvgIpc) is 2.41. The molecule has 6 heteroatoms. The molecule has 0 aromatic heterocycles. The molecule has 0 saturated carbocycles. The fourth-order valence-corrected chi connectivity index (χ4v) is 1.50. The van der Waals surface area contributed by atoms with Crippen LogP contribution in [0.1, 0.15) is 0 Å². The van der Waals surface area contributed by atoms with Gasteiger partial charge in [0.25, 0.3) is 0 Å². The van der Waals surface area contributed by atoms with Crippen LogP contribution in [0.15, 0.2) is 48.5 Å². The normalized spacial score (nSPS) is 9.80. The van der Waals surface area contributed by atoms with Gasteiger partial charge in [-0.3, -0.25) is 9.59 Å². The Morgan fingerprint density at radius 1 is 0.750 bits per heavy atom. The minimum absolute atomic E-state index is 0.0123. The molecule has 0 radical (unpaired) electrons. The summed E-state index contributed by atoms with van der Waals surface area (Å²) in [6, 6.07) is 11.6. The first-order chi connectivity index (χ1) is 9.54. The maximum absolute atomic E-state index is 11.6. The Balaban J connectivity index is 1.98. The number of hydrogen-bond donors (Lipinski definition) is 4. The van der Waals surface area contributed by atoms with Crippen molar-refractivity contribution in [1.82, 2.24) is 0 Å². The molecule has 0 fully saturated rings. The van der Waals surface area contributed by atoms with Crippen molar-refractivity contribution >= 4 is 23.2 Å². The summed E-state index contributed by atoms with van der Waals surface area (Å²) in [6.07, 6.45) is 0. The largest absolute Gasteiger partial charge is 0.508 e. The Kier molecular flexibility index (Phi) is 3.85. The first-order valence-electron chi connectivity index (χ1n) is 5.75. The monoisotopic (exact) mass is 272 g/mol. The van der Waals surface area contributed by atoms with Crippen molar-refractivity contribution < 1.29 is 19.8 Å². The van der Waals surface area contributed by atoms with Crippen molar-refractivity contribution in [2.45, 2.75) is 0 Å². The van der Waals surface area contributed by atoms with Gasteiger partial charge in [-0.1, -0.05) is 6.07 Å². The summed E-state index contributed by atoms with van der Waals surface area (Å²) >= 11 is 0. The lowest BCUT2D eigenvalue weighted by atomic mass is 10.3. The van der Waals surface area contributed by atoms with Gasteiger partial charge in [0.05, 0.1) is 0 Å². The second kappa shape index (κ2) is 5.75. The third-order valence-electron chi connectivity index (χ3n) is 2.44. The molecular weight excluding hydrogens is 260 g/mol.